The van der Waals surface area contributed by atoms with Gasteiger partial charge in [0.25, 0.3) is 5.91 Å². The Morgan fingerprint density at radius 2 is 1.83 bits per heavy atom. The molecule has 1 aliphatic rings. The van der Waals surface area contributed by atoms with Gasteiger partial charge in [-0.15, -0.1) is 0 Å². The van der Waals surface area contributed by atoms with E-state index in [4.69, 9.17) is 4.74 Å². The van der Waals surface area contributed by atoms with Crippen LogP contribution in [0.4, 0.5) is 11.6 Å². The van der Waals surface area contributed by atoms with Crippen LogP contribution >= 0.6 is 0 Å². The van der Waals surface area contributed by atoms with Crippen molar-refractivity contribution in [3.63, 3.8) is 0 Å². The van der Waals surface area contributed by atoms with Crippen LogP contribution < -0.4 is 15.4 Å². The number of carbonyl (C=O) groups is 1. The number of nitrogens with zero attached hydrogens (tertiary/aromatic N) is 4. The first-order valence-corrected chi connectivity index (χ1v) is 11.4. The molecule has 3 aromatic carbocycles. The van der Waals surface area contributed by atoms with Crippen molar-refractivity contribution in [1.29, 1.82) is 0 Å². The number of benzene rings is 3. The minimum absolute atomic E-state index is 0.226. The second-order valence-corrected chi connectivity index (χ2v) is 8.62. The molecular weight excluding hydrogens is 440 g/mol. The second kappa shape index (κ2) is 9.42. The first-order valence-electron chi connectivity index (χ1n) is 11.4. The molecular formula is C27H26N6O2. The summed E-state index contributed by atoms with van der Waals surface area (Å²) in [5.74, 6) is 0.955. The molecule has 0 bridgehead atoms. The van der Waals surface area contributed by atoms with Crippen molar-refractivity contribution in [1.82, 2.24) is 20.2 Å². The van der Waals surface area contributed by atoms with E-state index >= 15 is 0 Å². The van der Waals surface area contributed by atoms with Gasteiger partial charge in [-0.1, -0.05) is 59.2 Å². The Labute approximate surface area is 203 Å². The lowest BCUT2D eigenvalue weighted by molar-refractivity contribution is -0.113. The predicted molar refractivity (Wildman–Crippen MR) is 134 cm³/mol. The SMILES string of the molecule is CC1=C(C(=O)Nc2ccc(C)cc2)C(c2cccc(OCc3ccccc3C)c2)n2nnnc2N1. The number of hydrogen-bond acceptors (Lipinski definition) is 6. The van der Waals surface area contributed by atoms with Gasteiger partial charge in [0.15, 0.2) is 0 Å². The first-order chi connectivity index (χ1) is 17.0. The molecule has 0 fully saturated rings. The van der Waals surface area contributed by atoms with E-state index in [-0.39, 0.29) is 5.91 Å². The van der Waals surface area contributed by atoms with Crippen molar-refractivity contribution in [3.05, 3.63) is 106 Å². The Bertz CT molecular complexity index is 1410. The zero-order valence-corrected chi connectivity index (χ0v) is 19.8. The van der Waals surface area contributed by atoms with Crippen LogP contribution in [0.2, 0.25) is 0 Å². The first kappa shape index (κ1) is 22.3. The van der Waals surface area contributed by atoms with Crippen LogP contribution in [0.15, 0.2) is 84.1 Å². The van der Waals surface area contributed by atoms with Gasteiger partial charge in [0.05, 0.1) is 5.57 Å². The average Bonchev–Trinajstić information content (AvgIpc) is 3.32. The lowest BCUT2D eigenvalue weighted by Gasteiger charge is -2.28. The number of tetrazole rings is 1. The summed E-state index contributed by atoms with van der Waals surface area (Å²) in [6.45, 7) is 6.38. The highest BCUT2D eigenvalue weighted by Gasteiger charge is 2.34. The highest BCUT2D eigenvalue weighted by atomic mass is 16.5. The Morgan fingerprint density at radius 3 is 2.63 bits per heavy atom. The predicted octanol–water partition coefficient (Wildman–Crippen LogP) is 4.80. The molecule has 1 aliphatic heterocycles. The Balaban J connectivity index is 1.46. The van der Waals surface area contributed by atoms with Gasteiger partial charge in [-0.05, 0) is 72.2 Å². The maximum Gasteiger partial charge on any atom is 0.255 e. The van der Waals surface area contributed by atoms with E-state index in [1.165, 1.54) is 5.56 Å². The molecule has 1 amide bonds. The third-order valence-electron chi connectivity index (χ3n) is 6.10. The quantitative estimate of drug-likeness (QED) is 0.424. The van der Waals surface area contributed by atoms with Gasteiger partial charge in [0.1, 0.15) is 18.4 Å². The van der Waals surface area contributed by atoms with Crippen molar-refractivity contribution in [2.75, 3.05) is 10.6 Å². The highest BCUT2D eigenvalue weighted by Crippen LogP contribution is 2.36. The van der Waals surface area contributed by atoms with Crippen molar-refractivity contribution in [2.45, 2.75) is 33.4 Å². The fraction of sp³-hybridized carbons (Fsp3) is 0.185. The largest absolute Gasteiger partial charge is 0.489 e. The van der Waals surface area contributed by atoms with E-state index in [0.717, 1.165) is 22.4 Å². The van der Waals surface area contributed by atoms with E-state index in [2.05, 4.69) is 45.2 Å². The van der Waals surface area contributed by atoms with Crippen molar-refractivity contribution in [2.24, 2.45) is 0 Å². The molecule has 1 unspecified atom stereocenters. The van der Waals surface area contributed by atoms with Crippen LogP contribution in [0, 0.1) is 13.8 Å². The summed E-state index contributed by atoms with van der Waals surface area (Å²) in [4.78, 5) is 13.5. The van der Waals surface area contributed by atoms with Crippen LogP contribution in [0.25, 0.3) is 0 Å². The third kappa shape index (κ3) is 4.63. The second-order valence-electron chi connectivity index (χ2n) is 8.62. The molecule has 176 valence electrons. The molecule has 2 heterocycles. The molecule has 0 spiro atoms. The number of anilines is 2. The van der Waals surface area contributed by atoms with E-state index in [1.807, 2.05) is 74.5 Å². The van der Waals surface area contributed by atoms with Gasteiger partial charge in [-0.25, -0.2) is 0 Å². The standard InChI is InChI=1S/C27H26N6O2/c1-17-11-13-22(14-12-17)29-26(34)24-19(3)28-27-30-31-32-33(27)25(24)20-9-6-10-23(15-20)35-16-21-8-5-4-7-18(21)2/h4-15,25H,16H2,1-3H3,(H,29,34)(H,28,30,32). The molecule has 4 aromatic rings. The number of carbonyl (C=O) groups excluding carboxylic acids is 1. The number of fused-ring (bicyclic) bond motifs is 1. The van der Waals surface area contributed by atoms with Gasteiger partial charge in [0.2, 0.25) is 5.95 Å². The minimum atomic E-state index is -0.520. The monoisotopic (exact) mass is 466 g/mol. The topological polar surface area (TPSA) is 94.0 Å². The minimum Gasteiger partial charge on any atom is -0.489 e. The van der Waals surface area contributed by atoms with Crippen LogP contribution in [0.3, 0.4) is 0 Å². The highest BCUT2D eigenvalue weighted by molar-refractivity contribution is 6.06. The average molecular weight is 467 g/mol. The number of rotatable bonds is 6. The summed E-state index contributed by atoms with van der Waals surface area (Å²) < 4.78 is 7.73. The molecule has 35 heavy (non-hydrogen) atoms. The Hall–Kier alpha value is -4.46. The lowest BCUT2D eigenvalue weighted by Crippen LogP contribution is -2.31. The normalized spacial score (nSPS) is 14.8. The number of aromatic nitrogens is 4. The van der Waals surface area contributed by atoms with E-state index in [9.17, 15) is 4.79 Å². The molecule has 0 saturated heterocycles. The molecule has 2 N–H and O–H groups in total. The smallest absolute Gasteiger partial charge is 0.255 e. The zero-order valence-electron chi connectivity index (χ0n) is 19.8. The number of ether oxygens (including phenoxy) is 1. The van der Waals surface area contributed by atoms with Gasteiger partial charge in [0, 0.05) is 11.4 Å². The number of amides is 1. The van der Waals surface area contributed by atoms with Crippen LogP contribution in [-0.2, 0) is 11.4 Å². The number of allylic oxidation sites excluding steroid dienone is 1. The number of hydrogen-bond donors (Lipinski definition) is 2. The summed E-state index contributed by atoms with van der Waals surface area (Å²) in [6.07, 6.45) is 0. The van der Waals surface area contributed by atoms with Crippen molar-refractivity contribution < 1.29 is 9.53 Å². The Kier molecular flexibility index (Phi) is 6.01. The van der Waals surface area contributed by atoms with E-state index in [1.54, 1.807) is 4.68 Å². The fourth-order valence-corrected chi connectivity index (χ4v) is 4.16. The molecule has 5 rings (SSSR count). The summed E-state index contributed by atoms with van der Waals surface area (Å²) in [6, 6.07) is 23.0. The molecule has 8 nitrogen and oxygen atoms in total. The van der Waals surface area contributed by atoms with Crippen molar-refractivity contribution in [3.8, 4) is 5.75 Å². The molecule has 0 aliphatic carbocycles. The van der Waals surface area contributed by atoms with Crippen LogP contribution in [0.5, 0.6) is 5.75 Å². The molecule has 8 heteroatoms. The molecule has 1 atom stereocenters. The summed E-state index contributed by atoms with van der Waals surface area (Å²) in [5.41, 5.74) is 6.20. The number of nitrogens with one attached hydrogen (secondary N) is 2. The maximum atomic E-state index is 13.5. The summed E-state index contributed by atoms with van der Waals surface area (Å²) >= 11 is 0. The van der Waals surface area contributed by atoms with Crippen LogP contribution in [-0.4, -0.2) is 26.1 Å². The summed E-state index contributed by atoms with van der Waals surface area (Å²) in [5, 5.41) is 18.2. The third-order valence-corrected chi connectivity index (χ3v) is 6.10. The lowest BCUT2D eigenvalue weighted by atomic mass is 9.94. The maximum absolute atomic E-state index is 13.5. The zero-order chi connectivity index (χ0) is 24.4. The van der Waals surface area contributed by atoms with Gasteiger partial charge in [-0.3, -0.25) is 4.79 Å². The Morgan fingerprint density at radius 1 is 1.03 bits per heavy atom. The number of aryl methyl sites for hydroxylation is 2. The van der Waals surface area contributed by atoms with E-state index in [0.29, 0.717) is 29.6 Å². The summed E-state index contributed by atoms with van der Waals surface area (Å²) in [7, 11) is 0. The molecule has 0 radical (unpaired) electrons. The molecule has 1 aromatic heterocycles. The van der Waals surface area contributed by atoms with E-state index < -0.39 is 6.04 Å². The molecule has 0 saturated carbocycles. The van der Waals surface area contributed by atoms with Crippen molar-refractivity contribution >= 4 is 17.5 Å². The van der Waals surface area contributed by atoms with Gasteiger partial charge >= 0.3 is 0 Å². The van der Waals surface area contributed by atoms with Gasteiger partial charge in [-0.2, -0.15) is 4.68 Å². The van der Waals surface area contributed by atoms with Gasteiger partial charge < -0.3 is 15.4 Å². The van der Waals surface area contributed by atoms with Crippen LogP contribution in [0.1, 0.15) is 35.2 Å². The fourth-order valence-electron chi connectivity index (χ4n) is 4.16.